The molecule has 2 heteroatoms. The van der Waals surface area contributed by atoms with Gasteiger partial charge in [0.05, 0.1) is 18.8 Å². The summed E-state index contributed by atoms with van der Waals surface area (Å²) in [4.78, 5) is 0. The Morgan fingerprint density at radius 1 is 1.18 bits per heavy atom. The van der Waals surface area contributed by atoms with Gasteiger partial charge in [-0.2, -0.15) is 0 Å². The van der Waals surface area contributed by atoms with E-state index in [9.17, 15) is 0 Å². The normalized spacial score (nSPS) is 44.7. The molecule has 0 radical (unpaired) electrons. The summed E-state index contributed by atoms with van der Waals surface area (Å²) in [6.45, 7) is 7.34. The van der Waals surface area contributed by atoms with E-state index in [1.807, 2.05) is 0 Å². The maximum Gasteiger partial charge on any atom is 0.0841 e. The molecule has 0 aliphatic carbocycles. The maximum absolute atomic E-state index is 5.70. The maximum atomic E-state index is 5.70. The molecular formula is C9H18O2. The van der Waals surface area contributed by atoms with Crippen molar-refractivity contribution in [3.63, 3.8) is 0 Å². The van der Waals surface area contributed by atoms with Gasteiger partial charge < -0.3 is 9.47 Å². The van der Waals surface area contributed by atoms with Gasteiger partial charge in [-0.3, -0.25) is 0 Å². The van der Waals surface area contributed by atoms with E-state index in [1.54, 1.807) is 7.11 Å². The Hall–Kier alpha value is -0.0800. The van der Waals surface area contributed by atoms with Crippen LogP contribution >= 0.6 is 0 Å². The van der Waals surface area contributed by atoms with Crippen molar-refractivity contribution < 1.29 is 9.47 Å². The molecular weight excluding hydrogens is 140 g/mol. The van der Waals surface area contributed by atoms with Gasteiger partial charge in [0.15, 0.2) is 0 Å². The molecule has 11 heavy (non-hydrogen) atoms. The smallest absolute Gasteiger partial charge is 0.0841 e. The molecule has 0 saturated carbocycles. The standard InChI is InChI=1S/C9H18O2/c1-6-7(2)9(5-10-4)11-8(6)3/h6-9H,5H2,1-4H3/t6?,7?,8-,9+/m0/s1. The van der Waals surface area contributed by atoms with Crippen molar-refractivity contribution in [3.8, 4) is 0 Å². The fourth-order valence-corrected chi connectivity index (χ4v) is 1.64. The van der Waals surface area contributed by atoms with Crippen molar-refractivity contribution in [2.75, 3.05) is 13.7 Å². The van der Waals surface area contributed by atoms with Gasteiger partial charge in [0.1, 0.15) is 0 Å². The molecule has 1 fully saturated rings. The quantitative estimate of drug-likeness (QED) is 0.609. The minimum atomic E-state index is 0.310. The molecule has 66 valence electrons. The van der Waals surface area contributed by atoms with Crippen LogP contribution in [0.5, 0.6) is 0 Å². The minimum absolute atomic E-state index is 0.310. The molecule has 2 unspecified atom stereocenters. The number of rotatable bonds is 2. The summed E-state index contributed by atoms with van der Waals surface area (Å²) in [6, 6.07) is 0. The number of ether oxygens (including phenoxy) is 2. The van der Waals surface area contributed by atoms with Crippen molar-refractivity contribution >= 4 is 0 Å². The highest BCUT2D eigenvalue weighted by Gasteiger charge is 2.35. The Balaban J connectivity index is 2.45. The van der Waals surface area contributed by atoms with Crippen molar-refractivity contribution in [3.05, 3.63) is 0 Å². The lowest BCUT2D eigenvalue weighted by Gasteiger charge is -2.14. The van der Waals surface area contributed by atoms with E-state index >= 15 is 0 Å². The van der Waals surface area contributed by atoms with Crippen LogP contribution in [0.1, 0.15) is 20.8 Å². The topological polar surface area (TPSA) is 18.5 Å². The van der Waals surface area contributed by atoms with Crippen LogP contribution in [0.3, 0.4) is 0 Å². The molecule has 2 nitrogen and oxygen atoms in total. The van der Waals surface area contributed by atoms with Crippen molar-refractivity contribution in [1.82, 2.24) is 0 Å². The molecule has 1 saturated heterocycles. The average Bonchev–Trinajstić information content (AvgIpc) is 2.19. The summed E-state index contributed by atoms with van der Waals surface area (Å²) in [6.07, 6.45) is 0.704. The average molecular weight is 158 g/mol. The SMILES string of the molecule is COC[C@H]1O[C@@H](C)C(C)C1C. The summed E-state index contributed by atoms with van der Waals surface area (Å²) in [5.74, 6) is 1.29. The summed E-state index contributed by atoms with van der Waals surface area (Å²) in [5, 5.41) is 0. The third kappa shape index (κ3) is 1.74. The molecule has 4 atom stereocenters. The highest BCUT2D eigenvalue weighted by Crippen LogP contribution is 2.31. The minimum Gasteiger partial charge on any atom is -0.382 e. The summed E-state index contributed by atoms with van der Waals surface area (Å²) < 4.78 is 10.8. The fraction of sp³-hybridized carbons (Fsp3) is 1.00. The van der Waals surface area contributed by atoms with Gasteiger partial charge in [-0.15, -0.1) is 0 Å². The lowest BCUT2D eigenvalue weighted by Crippen LogP contribution is -2.21. The van der Waals surface area contributed by atoms with Crippen molar-refractivity contribution in [1.29, 1.82) is 0 Å². The van der Waals surface area contributed by atoms with E-state index in [-0.39, 0.29) is 0 Å². The summed E-state index contributed by atoms with van der Waals surface area (Å²) in [7, 11) is 1.73. The number of hydrogen-bond donors (Lipinski definition) is 0. The first kappa shape index (κ1) is 9.01. The zero-order valence-electron chi connectivity index (χ0n) is 7.83. The predicted molar refractivity (Wildman–Crippen MR) is 44.5 cm³/mol. The van der Waals surface area contributed by atoms with Crippen LogP contribution in [0.15, 0.2) is 0 Å². The molecule has 0 amide bonds. The van der Waals surface area contributed by atoms with Crippen LogP contribution in [0, 0.1) is 11.8 Å². The lowest BCUT2D eigenvalue weighted by molar-refractivity contribution is -0.00681. The predicted octanol–water partition coefficient (Wildman–Crippen LogP) is 1.69. The van der Waals surface area contributed by atoms with Gasteiger partial charge in [0.2, 0.25) is 0 Å². The molecule has 1 rings (SSSR count). The second-order valence-corrected chi connectivity index (χ2v) is 3.55. The highest BCUT2D eigenvalue weighted by molar-refractivity contribution is 4.82. The second-order valence-electron chi connectivity index (χ2n) is 3.55. The Labute approximate surface area is 68.9 Å². The van der Waals surface area contributed by atoms with Gasteiger partial charge in [-0.25, -0.2) is 0 Å². The molecule has 0 N–H and O–H groups in total. The van der Waals surface area contributed by atoms with E-state index in [2.05, 4.69) is 20.8 Å². The third-order valence-corrected chi connectivity index (χ3v) is 2.88. The third-order valence-electron chi connectivity index (χ3n) is 2.88. The van der Waals surface area contributed by atoms with E-state index in [4.69, 9.17) is 9.47 Å². The van der Waals surface area contributed by atoms with Gasteiger partial charge >= 0.3 is 0 Å². The molecule has 1 aliphatic rings. The van der Waals surface area contributed by atoms with Crippen LogP contribution in [0.25, 0.3) is 0 Å². The largest absolute Gasteiger partial charge is 0.382 e. The molecule has 0 aromatic heterocycles. The number of hydrogen-bond acceptors (Lipinski definition) is 2. The summed E-state index contributed by atoms with van der Waals surface area (Å²) >= 11 is 0. The molecule has 0 bridgehead atoms. The van der Waals surface area contributed by atoms with E-state index in [0.717, 1.165) is 6.61 Å². The zero-order valence-corrected chi connectivity index (χ0v) is 7.83. The highest BCUT2D eigenvalue weighted by atomic mass is 16.5. The first-order valence-corrected chi connectivity index (χ1v) is 4.31. The molecule has 0 spiro atoms. The van der Waals surface area contributed by atoms with Crippen LogP contribution in [0.4, 0.5) is 0 Å². The van der Waals surface area contributed by atoms with Crippen LogP contribution in [-0.2, 0) is 9.47 Å². The molecule has 1 heterocycles. The van der Waals surface area contributed by atoms with Gasteiger partial charge in [-0.05, 0) is 18.8 Å². The first-order valence-electron chi connectivity index (χ1n) is 4.31. The lowest BCUT2D eigenvalue weighted by atomic mass is 9.91. The van der Waals surface area contributed by atoms with Gasteiger partial charge in [-0.1, -0.05) is 13.8 Å². The summed E-state index contributed by atoms with van der Waals surface area (Å²) in [5.41, 5.74) is 0. The van der Waals surface area contributed by atoms with E-state index in [0.29, 0.717) is 24.0 Å². The Bertz CT molecular complexity index is 125. The van der Waals surface area contributed by atoms with Gasteiger partial charge in [0, 0.05) is 7.11 Å². The number of methoxy groups -OCH3 is 1. The van der Waals surface area contributed by atoms with E-state index in [1.165, 1.54) is 0 Å². The van der Waals surface area contributed by atoms with Crippen molar-refractivity contribution in [2.24, 2.45) is 11.8 Å². The van der Waals surface area contributed by atoms with Crippen LogP contribution < -0.4 is 0 Å². The van der Waals surface area contributed by atoms with Gasteiger partial charge in [0.25, 0.3) is 0 Å². The van der Waals surface area contributed by atoms with Crippen LogP contribution in [-0.4, -0.2) is 25.9 Å². The zero-order chi connectivity index (χ0) is 8.43. The Morgan fingerprint density at radius 3 is 2.18 bits per heavy atom. The van der Waals surface area contributed by atoms with Crippen molar-refractivity contribution in [2.45, 2.75) is 33.0 Å². The monoisotopic (exact) mass is 158 g/mol. The Kier molecular flexibility index (Phi) is 2.90. The fourth-order valence-electron chi connectivity index (χ4n) is 1.64. The second kappa shape index (κ2) is 3.55. The van der Waals surface area contributed by atoms with E-state index < -0.39 is 0 Å². The molecule has 0 aromatic rings. The molecule has 0 aromatic carbocycles. The first-order chi connectivity index (χ1) is 5.16. The van der Waals surface area contributed by atoms with Crippen LogP contribution in [0.2, 0.25) is 0 Å². The molecule has 1 aliphatic heterocycles. The Morgan fingerprint density at radius 2 is 1.82 bits per heavy atom.